The second-order valence-electron chi connectivity index (χ2n) is 13.7. The highest BCUT2D eigenvalue weighted by atomic mass is 19.1. The Kier molecular flexibility index (Phi) is 6.86. The van der Waals surface area contributed by atoms with Crippen LogP contribution in [0.25, 0.3) is 77.2 Å². The second kappa shape index (κ2) is 11.7. The summed E-state index contributed by atoms with van der Waals surface area (Å²) >= 11 is 0. The van der Waals surface area contributed by atoms with Crippen molar-refractivity contribution < 1.29 is 17.6 Å². The van der Waals surface area contributed by atoms with Gasteiger partial charge in [-0.25, -0.2) is 17.6 Å². The molecular formula is C46H27F4N3. The first kappa shape index (κ1) is 31.1. The zero-order chi connectivity index (χ0) is 36.0. The van der Waals surface area contributed by atoms with Crippen LogP contribution >= 0.6 is 0 Å². The van der Waals surface area contributed by atoms with E-state index in [2.05, 4.69) is 10.6 Å². The lowest BCUT2D eigenvalue weighted by molar-refractivity contribution is 0.583. The highest BCUT2D eigenvalue weighted by molar-refractivity contribution is 6.13. The number of hydrogen-bond acceptors (Lipinski definition) is 1. The molecule has 254 valence electrons. The van der Waals surface area contributed by atoms with Crippen molar-refractivity contribution in [2.24, 2.45) is 0 Å². The molecule has 0 unspecified atom stereocenters. The maximum atomic E-state index is 15.6. The fourth-order valence-corrected chi connectivity index (χ4v) is 8.37. The molecule has 7 heteroatoms. The lowest BCUT2D eigenvalue weighted by Gasteiger charge is -2.28. The van der Waals surface area contributed by atoms with Gasteiger partial charge in [0, 0.05) is 44.8 Å². The van der Waals surface area contributed by atoms with Crippen molar-refractivity contribution in [2.45, 2.75) is 18.8 Å². The predicted molar refractivity (Wildman–Crippen MR) is 203 cm³/mol. The van der Waals surface area contributed by atoms with Crippen LogP contribution in [-0.2, 0) is 0 Å². The fraction of sp³-hybridized carbons (Fsp3) is 0.0652. The summed E-state index contributed by atoms with van der Waals surface area (Å²) in [5.41, 5.74) is 6.25. The monoisotopic (exact) mass is 697 g/mol. The lowest BCUT2D eigenvalue weighted by atomic mass is 9.84. The molecular weight excluding hydrogens is 671 g/mol. The van der Waals surface area contributed by atoms with E-state index < -0.39 is 23.3 Å². The van der Waals surface area contributed by atoms with Gasteiger partial charge < -0.3 is 9.13 Å². The first-order valence-electron chi connectivity index (χ1n) is 17.4. The SMILES string of the molecule is N#Cc1c(-c2cc(F)cc(F)c2)c(C2CC2)c(-n2c3ccccc3c3ccccc32)c(-c2cc(F)cc(F)c2)c1-n1c2ccccc2c2ccccc21. The first-order chi connectivity index (χ1) is 25.9. The maximum absolute atomic E-state index is 15.6. The Balaban J connectivity index is 1.55. The van der Waals surface area contributed by atoms with Crippen LogP contribution < -0.4 is 0 Å². The van der Waals surface area contributed by atoms with Crippen LogP contribution in [0.5, 0.6) is 0 Å². The lowest BCUT2D eigenvalue weighted by Crippen LogP contribution is -2.12. The predicted octanol–water partition coefficient (Wildman–Crippen LogP) is 12.5. The van der Waals surface area contributed by atoms with Gasteiger partial charge in [0.1, 0.15) is 29.3 Å². The molecule has 2 heterocycles. The number of aromatic nitrogens is 2. The third kappa shape index (κ3) is 4.72. The molecule has 2 aromatic heterocycles. The van der Waals surface area contributed by atoms with Crippen LogP contribution in [0, 0.1) is 34.6 Å². The molecule has 10 rings (SSSR count). The highest BCUT2D eigenvalue weighted by Crippen LogP contribution is 2.55. The summed E-state index contributed by atoms with van der Waals surface area (Å²) in [5.74, 6) is -3.21. The van der Waals surface area contributed by atoms with E-state index in [1.165, 1.54) is 24.3 Å². The maximum Gasteiger partial charge on any atom is 0.126 e. The fourth-order valence-electron chi connectivity index (χ4n) is 8.37. The van der Waals surface area contributed by atoms with Gasteiger partial charge in [0.25, 0.3) is 0 Å². The number of nitrogens with zero attached hydrogens (tertiary/aromatic N) is 3. The Hall–Kier alpha value is -6.65. The normalized spacial score (nSPS) is 13.0. The second-order valence-corrected chi connectivity index (χ2v) is 13.7. The van der Waals surface area contributed by atoms with Crippen LogP contribution in [0.2, 0.25) is 0 Å². The van der Waals surface area contributed by atoms with E-state index in [-0.39, 0.29) is 22.6 Å². The molecule has 9 aromatic rings. The molecule has 0 radical (unpaired) electrons. The van der Waals surface area contributed by atoms with Crippen molar-refractivity contribution in [3.05, 3.63) is 168 Å². The third-order valence-electron chi connectivity index (χ3n) is 10.5. The molecule has 0 aliphatic heterocycles. The summed E-state index contributed by atoms with van der Waals surface area (Å²) < 4.78 is 65.8. The van der Waals surface area contributed by atoms with Gasteiger partial charge in [-0.3, -0.25) is 0 Å². The van der Waals surface area contributed by atoms with Gasteiger partial charge in [-0.15, -0.1) is 0 Å². The Labute approximate surface area is 301 Å². The zero-order valence-corrected chi connectivity index (χ0v) is 28.0. The molecule has 0 saturated heterocycles. The van der Waals surface area contributed by atoms with Crippen LogP contribution in [0.15, 0.2) is 133 Å². The average molecular weight is 698 g/mol. The van der Waals surface area contributed by atoms with Crippen LogP contribution in [0.4, 0.5) is 17.6 Å². The van der Waals surface area contributed by atoms with Crippen molar-refractivity contribution in [2.75, 3.05) is 0 Å². The average Bonchev–Trinajstić information content (AvgIpc) is 3.88. The van der Waals surface area contributed by atoms with Gasteiger partial charge in [0.05, 0.1) is 39.0 Å². The van der Waals surface area contributed by atoms with Crippen LogP contribution in [-0.4, -0.2) is 9.13 Å². The number of benzene rings is 7. The Morgan fingerprint density at radius 2 is 0.830 bits per heavy atom. The van der Waals surface area contributed by atoms with Crippen molar-refractivity contribution in [1.29, 1.82) is 5.26 Å². The molecule has 3 nitrogen and oxygen atoms in total. The standard InChI is InChI=1S/C46H27F4N3/c47-29-19-27(20-30(48)23-29)42-37(25-51)45(52-38-13-5-1-9-33(38)34-10-2-6-14-39(34)52)44(28-21-31(49)24-32(50)22-28)46(43(42)26-17-18-26)53-40-15-7-3-11-35(40)36-12-4-8-16-41(36)53/h1-16,19-24,26H,17-18H2. The van der Waals surface area contributed by atoms with Gasteiger partial charge in [0.15, 0.2) is 0 Å². The van der Waals surface area contributed by atoms with Crippen molar-refractivity contribution >= 4 is 43.6 Å². The summed E-state index contributed by atoms with van der Waals surface area (Å²) in [7, 11) is 0. The number of rotatable bonds is 5. The molecule has 1 fully saturated rings. The van der Waals surface area contributed by atoms with Crippen LogP contribution in [0.1, 0.15) is 29.9 Å². The molecule has 0 spiro atoms. The van der Waals surface area contributed by atoms with E-state index in [1.54, 1.807) is 0 Å². The number of halogens is 4. The van der Waals surface area contributed by atoms with Crippen molar-refractivity contribution in [1.82, 2.24) is 9.13 Å². The smallest absolute Gasteiger partial charge is 0.126 e. The van der Waals surface area contributed by atoms with E-state index >= 15 is 17.6 Å². The Morgan fingerprint density at radius 3 is 1.21 bits per heavy atom. The van der Waals surface area contributed by atoms with E-state index in [0.717, 1.165) is 68.6 Å². The van der Waals surface area contributed by atoms with Gasteiger partial charge in [-0.05, 0) is 84.0 Å². The Morgan fingerprint density at radius 1 is 0.472 bits per heavy atom. The number of para-hydroxylation sites is 4. The minimum absolute atomic E-state index is 0.109. The molecule has 0 amide bonds. The molecule has 1 aliphatic rings. The molecule has 1 saturated carbocycles. The molecule has 7 aromatic carbocycles. The van der Waals surface area contributed by atoms with E-state index in [9.17, 15) is 5.26 Å². The van der Waals surface area contributed by atoms with Gasteiger partial charge in [-0.2, -0.15) is 5.26 Å². The molecule has 53 heavy (non-hydrogen) atoms. The summed E-state index contributed by atoms with van der Waals surface area (Å²) in [6.07, 6.45) is 1.51. The molecule has 0 bridgehead atoms. The summed E-state index contributed by atoms with van der Waals surface area (Å²) in [5, 5.41) is 15.1. The molecule has 0 N–H and O–H groups in total. The number of fused-ring (bicyclic) bond motifs is 6. The van der Waals surface area contributed by atoms with Crippen molar-refractivity contribution in [3.8, 4) is 39.7 Å². The van der Waals surface area contributed by atoms with Gasteiger partial charge in [-0.1, -0.05) is 72.8 Å². The molecule has 0 atom stereocenters. The first-order valence-corrected chi connectivity index (χ1v) is 17.4. The quantitative estimate of drug-likeness (QED) is 0.165. The zero-order valence-electron chi connectivity index (χ0n) is 28.0. The van der Waals surface area contributed by atoms with E-state index in [0.29, 0.717) is 28.1 Å². The molecule has 1 aliphatic carbocycles. The van der Waals surface area contributed by atoms with E-state index in [1.807, 2.05) is 102 Å². The topological polar surface area (TPSA) is 33.6 Å². The number of hydrogen-bond donors (Lipinski definition) is 0. The minimum Gasteiger partial charge on any atom is -0.308 e. The van der Waals surface area contributed by atoms with Crippen molar-refractivity contribution in [3.63, 3.8) is 0 Å². The summed E-state index contributed by atoms with van der Waals surface area (Å²) in [4.78, 5) is 0. The van der Waals surface area contributed by atoms with E-state index in [4.69, 9.17) is 0 Å². The summed E-state index contributed by atoms with van der Waals surface area (Å²) in [6, 6.07) is 40.7. The summed E-state index contributed by atoms with van der Waals surface area (Å²) in [6.45, 7) is 0. The Bertz CT molecular complexity index is 2890. The minimum atomic E-state index is -0.779. The largest absolute Gasteiger partial charge is 0.308 e. The van der Waals surface area contributed by atoms with Gasteiger partial charge >= 0.3 is 0 Å². The highest BCUT2D eigenvalue weighted by Gasteiger charge is 2.38. The van der Waals surface area contributed by atoms with Gasteiger partial charge in [0.2, 0.25) is 0 Å². The number of nitriles is 1. The van der Waals surface area contributed by atoms with Crippen LogP contribution in [0.3, 0.4) is 0 Å². The third-order valence-corrected chi connectivity index (χ3v) is 10.5.